The number of hydrazine groups is 1. The average molecular weight is 529 g/mol. The van der Waals surface area contributed by atoms with Crippen LogP contribution in [0, 0.1) is 5.82 Å². The van der Waals surface area contributed by atoms with Crippen molar-refractivity contribution in [3.63, 3.8) is 0 Å². The normalized spacial score (nSPS) is 20.5. The third-order valence-corrected chi connectivity index (χ3v) is 6.87. The molecule has 0 aliphatic carbocycles. The molecule has 10 heteroatoms. The lowest BCUT2D eigenvalue weighted by atomic mass is 9.92. The number of benzene rings is 2. The van der Waals surface area contributed by atoms with E-state index in [2.05, 4.69) is 5.32 Å². The molecule has 1 aliphatic rings. The van der Waals surface area contributed by atoms with Crippen molar-refractivity contribution in [3.8, 4) is 0 Å². The minimum Gasteiger partial charge on any atom is -0.384 e. The molecular weight excluding hydrogens is 490 g/mol. The van der Waals surface area contributed by atoms with Gasteiger partial charge in [-0.05, 0) is 28.7 Å². The molecule has 3 rings (SSSR count). The van der Waals surface area contributed by atoms with Crippen LogP contribution < -0.4 is 16.9 Å². The smallest absolute Gasteiger partial charge is 0.244 e. The Morgan fingerprint density at radius 2 is 1.89 bits per heavy atom. The lowest BCUT2D eigenvalue weighted by Gasteiger charge is -2.36. The fraction of sp³-hybridized carbons (Fsp3) is 0.429. The highest BCUT2D eigenvalue weighted by Gasteiger charge is 2.48. The number of halogens is 2. The standard InChI is InChI=1S/C28H38F2N6O2/c1-19(2)23-11-10-21(12-24(23)30)27(20-8-6-5-7-9-20)33-17-28(18-37)13-22(29)14-36(28)26(38)16-35(32)15-25(31)34(3)4/h5-12,15,18-19,22,27,33H,13-14,16-17,31-32H2,1-4H3/b25-15+/t22-,27+,28+/m1/s1. The summed E-state index contributed by atoms with van der Waals surface area (Å²) in [5.74, 6) is 5.46. The number of hydrogen-bond donors (Lipinski definition) is 3. The predicted octanol–water partition coefficient (Wildman–Crippen LogP) is 2.63. The molecule has 38 heavy (non-hydrogen) atoms. The highest BCUT2D eigenvalue weighted by Crippen LogP contribution is 2.32. The summed E-state index contributed by atoms with van der Waals surface area (Å²) in [4.78, 5) is 28.5. The van der Waals surface area contributed by atoms with E-state index in [0.29, 0.717) is 23.2 Å². The Morgan fingerprint density at radius 1 is 1.21 bits per heavy atom. The highest BCUT2D eigenvalue weighted by molar-refractivity contribution is 5.84. The van der Waals surface area contributed by atoms with Gasteiger partial charge in [-0.25, -0.2) is 14.6 Å². The summed E-state index contributed by atoms with van der Waals surface area (Å²) < 4.78 is 29.6. The zero-order valence-corrected chi connectivity index (χ0v) is 22.4. The van der Waals surface area contributed by atoms with Crippen molar-refractivity contribution in [1.82, 2.24) is 20.1 Å². The van der Waals surface area contributed by atoms with Gasteiger partial charge in [0, 0.05) is 27.1 Å². The summed E-state index contributed by atoms with van der Waals surface area (Å²) in [5, 5.41) is 4.44. The number of alkyl halides is 1. The molecule has 1 amide bonds. The van der Waals surface area contributed by atoms with Crippen LogP contribution in [0.5, 0.6) is 0 Å². The first-order valence-electron chi connectivity index (χ1n) is 12.6. The SMILES string of the molecule is CC(C)c1ccc([C@@H](NC[C@]2(C=O)C[C@@H](F)CN2C(=O)CN(N)/C=C(\N)N(C)C)c2ccccc2)cc1F. The summed E-state index contributed by atoms with van der Waals surface area (Å²) in [6.45, 7) is 3.29. The average Bonchev–Trinajstić information content (AvgIpc) is 3.21. The van der Waals surface area contributed by atoms with E-state index in [9.17, 15) is 18.4 Å². The second kappa shape index (κ2) is 12.4. The van der Waals surface area contributed by atoms with E-state index in [4.69, 9.17) is 11.6 Å². The largest absolute Gasteiger partial charge is 0.384 e. The van der Waals surface area contributed by atoms with Crippen LogP contribution in [0.2, 0.25) is 0 Å². The Kier molecular flexibility index (Phi) is 9.45. The van der Waals surface area contributed by atoms with E-state index in [1.807, 2.05) is 50.2 Å². The number of hydrogen-bond acceptors (Lipinski definition) is 7. The number of aldehydes is 1. The first-order chi connectivity index (χ1) is 18.0. The van der Waals surface area contributed by atoms with E-state index in [1.165, 1.54) is 17.2 Å². The molecule has 0 spiro atoms. The van der Waals surface area contributed by atoms with Crippen molar-refractivity contribution >= 4 is 12.2 Å². The zero-order chi connectivity index (χ0) is 28.0. The summed E-state index contributed by atoms with van der Waals surface area (Å²) in [6.07, 6.45) is 0.477. The first-order valence-corrected chi connectivity index (χ1v) is 12.6. The van der Waals surface area contributed by atoms with Gasteiger partial charge in [-0.15, -0.1) is 0 Å². The molecule has 1 fully saturated rings. The molecule has 1 heterocycles. The summed E-state index contributed by atoms with van der Waals surface area (Å²) in [5.41, 5.74) is 6.53. The van der Waals surface area contributed by atoms with Gasteiger partial charge in [0.25, 0.3) is 0 Å². The fourth-order valence-corrected chi connectivity index (χ4v) is 4.73. The highest BCUT2D eigenvalue weighted by atomic mass is 19.1. The molecule has 1 saturated heterocycles. The van der Waals surface area contributed by atoms with Crippen molar-refractivity contribution in [3.05, 3.63) is 83.1 Å². The van der Waals surface area contributed by atoms with Crippen molar-refractivity contribution in [1.29, 1.82) is 0 Å². The number of nitrogens with one attached hydrogen (secondary N) is 1. The Balaban J connectivity index is 1.87. The molecule has 2 aromatic rings. The molecule has 206 valence electrons. The van der Waals surface area contributed by atoms with Crippen LogP contribution in [0.3, 0.4) is 0 Å². The van der Waals surface area contributed by atoms with E-state index in [1.54, 1.807) is 25.1 Å². The van der Waals surface area contributed by atoms with Crippen LogP contribution in [-0.2, 0) is 9.59 Å². The van der Waals surface area contributed by atoms with E-state index in [0.717, 1.165) is 10.6 Å². The van der Waals surface area contributed by atoms with Crippen LogP contribution in [-0.4, -0.2) is 72.4 Å². The van der Waals surface area contributed by atoms with Crippen molar-refractivity contribution < 1.29 is 18.4 Å². The maximum absolute atomic E-state index is 14.9. The second-order valence-corrected chi connectivity index (χ2v) is 10.3. The molecule has 2 aromatic carbocycles. The van der Waals surface area contributed by atoms with Gasteiger partial charge < -0.3 is 30.7 Å². The third-order valence-electron chi connectivity index (χ3n) is 6.87. The Bertz CT molecular complexity index is 1140. The number of carbonyl (C=O) groups excluding carboxylic acids is 2. The van der Waals surface area contributed by atoms with Gasteiger partial charge in [-0.2, -0.15) is 0 Å². The number of likely N-dealkylation sites (tertiary alicyclic amines) is 1. The maximum atomic E-state index is 14.9. The van der Waals surface area contributed by atoms with Crippen LogP contribution in [0.1, 0.15) is 48.9 Å². The van der Waals surface area contributed by atoms with Gasteiger partial charge in [-0.1, -0.05) is 56.3 Å². The van der Waals surface area contributed by atoms with Crippen LogP contribution in [0.4, 0.5) is 8.78 Å². The van der Waals surface area contributed by atoms with Gasteiger partial charge in [0.1, 0.15) is 36.2 Å². The van der Waals surface area contributed by atoms with Crippen molar-refractivity contribution in [2.45, 2.75) is 43.9 Å². The summed E-state index contributed by atoms with van der Waals surface area (Å²) in [7, 11) is 3.45. The number of rotatable bonds is 11. The molecule has 5 N–H and O–H groups in total. The van der Waals surface area contributed by atoms with E-state index >= 15 is 0 Å². The molecule has 0 saturated carbocycles. The first kappa shape index (κ1) is 29.1. The minimum absolute atomic E-state index is 0.0232. The van der Waals surface area contributed by atoms with Gasteiger partial charge >= 0.3 is 0 Å². The fourth-order valence-electron chi connectivity index (χ4n) is 4.73. The number of carbonyl (C=O) groups is 2. The lowest BCUT2D eigenvalue weighted by molar-refractivity contribution is -0.139. The van der Waals surface area contributed by atoms with Gasteiger partial charge in [0.2, 0.25) is 5.91 Å². The third kappa shape index (κ3) is 6.68. The maximum Gasteiger partial charge on any atom is 0.244 e. The Morgan fingerprint density at radius 3 is 2.47 bits per heavy atom. The second-order valence-electron chi connectivity index (χ2n) is 10.3. The van der Waals surface area contributed by atoms with Crippen LogP contribution in [0.25, 0.3) is 0 Å². The molecular formula is C28H38F2N6O2. The molecule has 8 nitrogen and oxygen atoms in total. The number of amides is 1. The molecule has 0 aromatic heterocycles. The minimum atomic E-state index is -1.43. The van der Waals surface area contributed by atoms with Crippen LogP contribution in [0.15, 0.2) is 60.6 Å². The number of nitrogens with zero attached hydrogens (tertiary/aromatic N) is 3. The van der Waals surface area contributed by atoms with Gasteiger partial charge in [0.05, 0.1) is 18.8 Å². The lowest BCUT2D eigenvalue weighted by Crippen LogP contribution is -2.57. The quantitative estimate of drug-likeness (QED) is 0.234. The monoisotopic (exact) mass is 528 g/mol. The van der Waals surface area contributed by atoms with Crippen molar-refractivity contribution in [2.75, 3.05) is 33.7 Å². The molecule has 3 atom stereocenters. The Hall–Kier alpha value is -3.50. The molecule has 0 unspecified atom stereocenters. The summed E-state index contributed by atoms with van der Waals surface area (Å²) >= 11 is 0. The van der Waals surface area contributed by atoms with Gasteiger partial charge in [-0.3, -0.25) is 4.79 Å². The van der Waals surface area contributed by atoms with E-state index in [-0.39, 0.29) is 37.8 Å². The van der Waals surface area contributed by atoms with E-state index < -0.39 is 23.7 Å². The topological polar surface area (TPSA) is 108 Å². The molecule has 0 bridgehead atoms. The molecule has 0 radical (unpaired) electrons. The summed E-state index contributed by atoms with van der Waals surface area (Å²) in [6, 6.07) is 14.0. The van der Waals surface area contributed by atoms with Crippen molar-refractivity contribution in [2.24, 2.45) is 11.6 Å². The Labute approximate surface area is 223 Å². The number of nitrogens with two attached hydrogens (primary N) is 2. The van der Waals surface area contributed by atoms with Gasteiger partial charge in [0.15, 0.2) is 0 Å². The zero-order valence-electron chi connectivity index (χ0n) is 22.4. The predicted molar refractivity (Wildman–Crippen MR) is 144 cm³/mol. The molecule has 1 aliphatic heterocycles. The van der Waals surface area contributed by atoms with Crippen LogP contribution >= 0.6 is 0 Å².